The van der Waals surface area contributed by atoms with Crippen molar-refractivity contribution in [2.24, 2.45) is 0 Å². The first-order chi connectivity index (χ1) is 11.7. The van der Waals surface area contributed by atoms with E-state index in [0.717, 1.165) is 30.5 Å². The number of carbonyl (C=O) groups excluding carboxylic acids is 1. The molecule has 0 aliphatic rings. The second-order valence-corrected chi connectivity index (χ2v) is 5.54. The van der Waals surface area contributed by atoms with Crippen LogP contribution < -0.4 is 5.32 Å². The lowest BCUT2D eigenvalue weighted by molar-refractivity contribution is 0.102. The summed E-state index contributed by atoms with van der Waals surface area (Å²) in [6.45, 7) is 3.87. The van der Waals surface area contributed by atoms with Crippen molar-refractivity contribution in [3.8, 4) is 11.5 Å². The summed E-state index contributed by atoms with van der Waals surface area (Å²) >= 11 is 0. The topological polar surface area (TPSA) is 96.7 Å². The maximum absolute atomic E-state index is 12.3. The number of H-pyrrole nitrogens is 1. The molecule has 0 aliphatic heterocycles. The Kier molecular flexibility index (Phi) is 4.69. The Morgan fingerprint density at radius 3 is 2.71 bits per heavy atom. The van der Waals surface area contributed by atoms with Gasteiger partial charge in [-0.15, -0.1) is 10.2 Å². The molecule has 3 aromatic rings. The van der Waals surface area contributed by atoms with Crippen LogP contribution in [-0.4, -0.2) is 26.3 Å². The molecular weight excluding hydrogens is 306 g/mol. The second kappa shape index (κ2) is 7.08. The highest BCUT2D eigenvalue weighted by Crippen LogP contribution is 2.18. The Hall–Kier alpha value is -2.96. The van der Waals surface area contributed by atoms with E-state index in [1.807, 2.05) is 6.07 Å². The zero-order chi connectivity index (χ0) is 16.9. The molecule has 0 saturated carbocycles. The van der Waals surface area contributed by atoms with E-state index in [4.69, 9.17) is 4.42 Å². The number of hydrogen-bond donors (Lipinski definition) is 2. The monoisotopic (exact) mass is 325 g/mol. The van der Waals surface area contributed by atoms with Crippen LogP contribution in [0.1, 0.15) is 41.7 Å². The zero-order valence-electron chi connectivity index (χ0n) is 13.7. The maximum Gasteiger partial charge on any atom is 0.256 e. The summed E-state index contributed by atoms with van der Waals surface area (Å²) in [5, 5.41) is 17.6. The lowest BCUT2D eigenvalue weighted by atomic mass is 10.1. The van der Waals surface area contributed by atoms with Gasteiger partial charge in [-0.1, -0.05) is 13.3 Å². The molecule has 0 bridgehead atoms. The Labute approximate surface area is 139 Å². The second-order valence-electron chi connectivity index (χ2n) is 5.54. The number of aromatic amines is 1. The Bertz CT molecular complexity index is 820. The number of hydrogen-bond acceptors (Lipinski definition) is 5. The molecule has 24 heavy (non-hydrogen) atoms. The van der Waals surface area contributed by atoms with E-state index in [1.54, 1.807) is 31.2 Å². The van der Waals surface area contributed by atoms with Crippen molar-refractivity contribution in [2.45, 2.75) is 33.1 Å². The molecule has 2 N–H and O–H groups in total. The molecule has 7 heteroatoms. The van der Waals surface area contributed by atoms with Gasteiger partial charge in [0.25, 0.3) is 5.91 Å². The van der Waals surface area contributed by atoms with Crippen molar-refractivity contribution in [1.29, 1.82) is 0 Å². The van der Waals surface area contributed by atoms with Crippen LogP contribution in [0.4, 0.5) is 5.82 Å². The molecule has 3 rings (SSSR count). The first-order valence-corrected chi connectivity index (χ1v) is 7.92. The van der Waals surface area contributed by atoms with Gasteiger partial charge in [-0.05, 0) is 37.1 Å². The number of aromatic nitrogens is 4. The molecule has 124 valence electrons. The van der Waals surface area contributed by atoms with Gasteiger partial charge in [0.2, 0.25) is 11.8 Å². The van der Waals surface area contributed by atoms with E-state index in [-0.39, 0.29) is 5.91 Å². The van der Waals surface area contributed by atoms with Crippen molar-refractivity contribution in [2.75, 3.05) is 5.32 Å². The quantitative estimate of drug-likeness (QED) is 0.724. The van der Waals surface area contributed by atoms with E-state index in [1.165, 1.54) is 0 Å². The zero-order valence-corrected chi connectivity index (χ0v) is 13.7. The third-order valence-electron chi connectivity index (χ3n) is 3.59. The molecule has 0 radical (unpaired) electrons. The number of nitrogens with one attached hydrogen (secondary N) is 2. The van der Waals surface area contributed by atoms with Gasteiger partial charge in [0.15, 0.2) is 5.82 Å². The molecule has 0 atom stereocenters. The van der Waals surface area contributed by atoms with Crippen LogP contribution in [0, 0.1) is 6.92 Å². The van der Waals surface area contributed by atoms with Gasteiger partial charge in [-0.25, -0.2) is 0 Å². The van der Waals surface area contributed by atoms with Crippen LogP contribution in [0.25, 0.3) is 11.5 Å². The van der Waals surface area contributed by atoms with Crippen LogP contribution >= 0.6 is 0 Å². The van der Waals surface area contributed by atoms with Gasteiger partial charge in [-0.2, -0.15) is 5.10 Å². The summed E-state index contributed by atoms with van der Waals surface area (Å²) in [6, 6.07) is 8.85. The lowest BCUT2D eigenvalue weighted by Crippen LogP contribution is -2.11. The average molecular weight is 325 g/mol. The molecule has 0 fully saturated rings. The fraction of sp³-hybridized carbons (Fsp3) is 0.294. The summed E-state index contributed by atoms with van der Waals surface area (Å²) in [6.07, 6.45) is 3.14. The van der Waals surface area contributed by atoms with Crippen LogP contribution in [-0.2, 0) is 6.42 Å². The van der Waals surface area contributed by atoms with Crippen LogP contribution in [0.2, 0.25) is 0 Å². The SMILES string of the molecule is CCCCc1cc(NC(=O)c2ccc(-c3nnc(C)o3)cc2)n[nH]1. The first-order valence-electron chi connectivity index (χ1n) is 7.92. The minimum absolute atomic E-state index is 0.211. The number of anilines is 1. The van der Waals surface area contributed by atoms with Crippen molar-refractivity contribution in [3.63, 3.8) is 0 Å². The fourth-order valence-corrected chi connectivity index (χ4v) is 2.29. The highest BCUT2D eigenvalue weighted by atomic mass is 16.4. The Morgan fingerprint density at radius 1 is 1.25 bits per heavy atom. The van der Waals surface area contributed by atoms with E-state index < -0.39 is 0 Å². The van der Waals surface area contributed by atoms with E-state index >= 15 is 0 Å². The summed E-state index contributed by atoms with van der Waals surface area (Å²) < 4.78 is 5.36. The van der Waals surface area contributed by atoms with E-state index in [9.17, 15) is 4.79 Å². The highest BCUT2D eigenvalue weighted by molar-refractivity contribution is 6.03. The summed E-state index contributed by atoms with van der Waals surface area (Å²) in [5.74, 6) is 1.26. The molecule has 7 nitrogen and oxygen atoms in total. The van der Waals surface area contributed by atoms with Gasteiger partial charge in [0.1, 0.15) is 0 Å². The summed E-state index contributed by atoms with van der Waals surface area (Å²) in [7, 11) is 0. The number of rotatable bonds is 6. The normalized spacial score (nSPS) is 10.8. The Balaban J connectivity index is 1.65. The van der Waals surface area contributed by atoms with Crippen LogP contribution in [0.5, 0.6) is 0 Å². The number of amides is 1. The van der Waals surface area contributed by atoms with Crippen LogP contribution in [0.15, 0.2) is 34.7 Å². The number of nitrogens with zero attached hydrogens (tertiary/aromatic N) is 3. The van der Waals surface area contributed by atoms with Gasteiger partial charge in [-0.3, -0.25) is 9.89 Å². The number of unbranched alkanes of at least 4 members (excludes halogenated alkanes) is 1. The largest absolute Gasteiger partial charge is 0.421 e. The third kappa shape index (κ3) is 3.68. The molecular formula is C17H19N5O2. The number of benzene rings is 1. The van der Waals surface area contributed by atoms with E-state index in [0.29, 0.717) is 23.2 Å². The van der Waals surface area contributed by atoms with Crippen molar-refractivity contribution >= 4 is 11.7 Å². The molecule has 2 heterocycles. The molecule has 1 amide bonds. The fourth-order valence-electron chi connectivity index (χ4n) is 2.29. The Morgan fingerprint density at radius 2 is 2.04 bits per heavy atom. The van der Waals surface area contributed by atoms with Crippen LogP contribution in [0.3, 0.4) is 0 Å². The van der Waals surface area contributed by atoms with Gasteiger partial charge in [0, 0.05) is 29.8 Å². The molecule has 0 unspecified atom stereocenters. The average Bonchev–Trinajstić information content (AvgIpc) is 3.22. The predicted molar refractivity (Wildman–Crippen MR) is 89.6 cm³/mol. The van der Waals surface area contributed by atoms with Gasteiger partial charge in [0.05, 0.1) is 0 Å². The molecule has 1 aromatic carbocycles. The molecule has 0 aliphatic carbocycles. The van der Waals surface area contributed by atoms with E-state index in [2.05, 4.69) is 32.6 Å². The number of carbonyl (C=O) groups is 1. The third-order valence-corrected chi connectivity index (χ3v) is 3.59. The first kappa shape index (κ1) is 15.9. The standard InChI is InChI=1S/C17H19N5O2/c1-3-4-5-14-10-15(21-20-14)18-16(23)12-6-8-13(9-7-12)17-22-19-11(2)24-17/h6-10H,3-5H2,1-2H3,(H2,18,20,21,23). The molecule has 2 aromatic heterocycles. The van der Waals surface area contributed by atoms with Gasteiger partial charge >= 0.3 is 0 Å². The smallest absolute Gasteiger partial charge is 0.256 e. The minimum atomic E-state index is -0.211. The lowest BCUT2D eigenvalue weighted by Gasteiger charge is -2.02. The van der Waals surface area contributed by atoms with Gasteiger partial charge < -0.3 is 9.73 Å². The van der Waals surface area contributed by atoms with Crippen molar-refractivity contribution < 1.29 is 9.21 Å². The number of aryl methyl sites for hydroxylation is 2. The summed E-state index contributed by atoms with van der Waals surface area (Å²) in [5.41, 5.74) is 2.33. The molecule has 0 saturated heterocycles. The van der Waals surface area contributed by atoms with Crippen molar-refractivity contribution in [1.82, 2.24) is 20.4 Å². The predicted octanol–water partition coefficient (Wildman–Crippen LogP) is 3.36. The molecule has 0 spiro atoms. The highest BCUT2D eigenvalue weighted by Gasteiger charge is 2.11. The summed E-state index contributed by atoms with van der Waals surface area (Å²) in [4.78, 5) is 12.3. The van der Waals surface area contributed by atoms with Crippen molar-refractivity contribution in [3.05, 3.63) is 47.5 Å². The minimum Gasteiger partial charge on any atom is -0.421 e. The maximum atomic E-state index is 12.3.